The first-order valence-electron chi connectivity index (χ1n) is 5.08. The van der Waals surface area contributed by atoms with Gasteiger partial charge in [0.1, 0.15) is 9.84 Å². The number of sulfone groups is 1. The summed E-state index contributed by atoms with van der Waals surface area (Å²) in [7, 11) is -1.34. The van der Waals surface area contributed by atoms with E-state index in [0.29, 0.717) is 0 Å². The van der Waals surface area contributed by atoms with E-state index in [4.69, 9.17) is 0 Å². The summed E-state index contributed by atoms with van der Waals surface area (Å²) in [6.45, 7) is 1.86. The van der Waals surface area contributed by atoms with Crippen molar-refractivity contribution in [3.63, 3.8) is 0 Å². The van der Waals surface area contributed by atoms with Gasteiger partial charge in [0.25, 0.3) is 0 Å². The van der Waals surface area contributed by atoms with Crippen molar-refractivity contribution in [2.24, 2.45) is 0 Å². The van der Waals surface area contributed by atoms with Crippen LogP contribution in [0.2, 0.25) is 0 Å². The average molecular weight is 234 g/mol. The SMILES string of the molecule is CN(CCS(C)(=O)=O)C(=O)N1CCCC1. The number of likely N-dealkylation sites (tertiary alicyclic amines) is 1. The molecule has 2 amide bonds. The molecule has 0 aromatic carbocycles. The number of urea groups is 1. The van der Waals surface area contributed by atoms with Crippen LogP contribution in [-0.4, -0.2) is 62.9 Å². The Hall–Kier alpha value is -0.780. The number of carbonyl (C=O) groups is 1. The molecule has 15 heavy (non-hydrogen) atoms. The third kappa shape index (κ3) is 4.07. The lowest BCUT2D eigenvalue weighted by Gasteiger charge is -2.23. The Bertz CT molecular complexity index is 320. The second-order valence-corrected chi connectivity index (χ2v) is 6.29. The summed E-state index contributed by atoms with van der Waals surface area (Å²) in [6, 6.07) is -0.0591. The van der Waals surface area contributed by atoms with E-state index in [1.165, 1.54) is 11.2 Å². The molecule has 0 bridgehead atoms. The average Bonchev–Trinajstić information content (AvgIpc) is 2.64. The van der Waals surface area contributed by atoms with Gasteiger partial charge >= 0.3 is 6.03 Å². The number of rotatable bonds is 3. The second-order valence-electron chi connectivity index (χ2n) is 4.03. The van der Waals surface area contributed by atoms with Crippen LogP contribution in [0.25, 0.3) is 0 Å². The highest BCUT2D eigenvalue weighted by molar-refractivity contribution is 7.90. The standard InChI is InChI=1S/C9H18N2O3S/c1-10(7-8-15(2,13)14)9(12)11-5-3-4-6-11/h3-8H2,1-2H3. The smallest absolute Gasteiger partial charge is 0.319 e. The highest BCUT2D eigenvalue weighted by Gasteiger charge is 2.21. The molecule has 0 saturated carbocycles. The predicted molar refractivity (Wildman–Crippen MR) is 58.5 cm³/mol. The molecule has 0 aromatic rings. The van der Waals surface area contributed by atoms with Gasteiger partial charge in [-0.25, -0.2) is 13.2 Å². The van der Waals surface area contributed by atoms with Crippen molar-refractivity contribution in [2.45, 2.75) is 12.8 Å². The van der Waals surface area contributed by atoms with E-state index in [-0.39, 0.29) is 18.3 Å². The first-order valence-corrected chi connectivity index (χ1v) is 7.14. The number of carbonyl (C=O) groups excluding carboxylic acids is 1. The minimum atomic E-state index is -2.99. The molecule has 1 fully saturated rings. The van der Waals surface area contributed by atoms with Crippen LogP contribution in [0.5, 0.6) is 0 Å². The summed E-state index contributed by atoms with van der Waals surface area (Å²) in [5.74, 6) is 0.0308. The van der Waals surface area contributed by atoms with E-state index in [2.05, 4.69) is 0 Å². The van der Waals surface area contributed by atoms with Gasteiger partial charge in [-0.3, -0.25) is 0 Å². The van der Waals surface area contributed by atoms with Gasteiger partial charge in [-0.15, -0.1) is 0 Å². The van der Waals surface area contributed by atoms with E-state index in [1.54, 1.807) is 11.9 Å². The van der Waals surface area contributed by atoms with Crippen LogP contribution in [0.4, 0.5) is 4.79 Å². The lowest BCUT2D eigenvalue weighted by atomic mass is 10.4. The molecule has 1 saturated heterocycles. The van der Waals surface area contributed by atoms with Crippen molar-refractivity contribution < 1.29 is 13.2 Å². The van der Waals surface area contributed by atoms with Crippen molar-refractivity contribution in [3.05, 3.63) is 0 Å². The maximum atomic E-state index is 11.7. The zero-order chi connectivity index (χ0) is 11.5. The van der Waals surface area contributed by atoms with Gasteiger partial charge in [0, 0.05) is 32.9 Å². The molecule has 1 aliphatic heterocycles. The lowest BCUT2D eigenvalue weighted by Crippen LogP contribution is -2.41. The topological polar surface area (TPSA) is 57.7 Å². The Labute approximate surface area is 91.0 Å². The number of hydrogen-bond donors (Lipinski definition) is 0. The van der Waals surface area contributed by atoms with Crippen LogP contribution in [0.15, 0.2) is 0 Å². The summed E-state index contributed by atoms with van der Waals surface area (Å²) in [5, 5.41) is 0. The molecule has 1 rings (SSSR count). The fourth-order valence-corrected chi connectivity index (χ4v) is 2.15. The molecule has 0 aliphatic carbocycles. The Morgan fingerprint density at radius 2 is 1.87 bits per heavy atom. The molecule has 1 aliphatic rings. The van der Waals surface area contributed by atoms with Gasteiger partial charge in [0.15, 0.2) is 0 Å². The normalized spacial score (nSPS) is 16.8. The maximum Gasteiger partial charge on any atom is 0.319 e. The molecule has 0 unspecified atom stereocenters. The van der Waals surface area contributed by atoms with Crippen molar-refractivity contribution in [2.75, 3.05) is 38.7 Å². The molecule has 0 spiro atoms. The van der Waals surface area contributed by atoms with Crippen LogP contribution < -0.4 is 0 Å². The Morgan fingerprint density at radius 3 is 2.33 bits per heavy atom. The summed E-state index contributed by atoms with van der Waals surface area (Å²) in [4.78, 5) is 15.0. The van der Waals surface area contributed by atoms with Crippen LogP contribution in [0, 0.1) is 0 Å². The highest BCUT2D eigenvalue weighted by Crippen LogP contribution is 2.09. The van der Waals surface area contributed by atoms with Gasteiger partial charge in [-0.1, -0.05) is 0 Å². The summed E-state index contributed by atoms with van der Waals surface area (Å²) in [6.07, 6.45) is 3.28. The van der Waals surface area contributed by atoms with Gasteiger partial charge in [-0.05, 0) is 12.8 Å². The van der Waals surface area contributed by atoms with Gasteiger partial charge < -0.3 is 9.80 Å². The molecule has 88 valence electrons. The summed E-state index contributed by atoms with van der Waals surface area (Å²) < 4.78 is 21.9. The first kappa shape index (κ1) is 12.3. The van der Waals surface area contributed by atoms with Crippen molar-refractivity contribution >= 4 is 15.9 Å². The van der Waals surface area contributed by atoms with Gasteiger partial charge in [0.2, 0.25) is 0 Å². The van der Waals surface area contributed by atoms with Crippen LogP contribution in [0.3, 0.4) is 0 Å². The Kier molecular flexibility index (Phi) is 3.96. The fraction of sp³-hybridized carbons (Fsp3) is 0.889. The molecule has 0 N–H and O–H groups in total. The summed E-state index contributed by atoms with van der Waals surface area (Å²) in [5.41, 5.74) is 0. The molecule has 0 radical (unpaired) electrons. The monoisotopic (exact) mass is 234 g/mol. The zero-order valence-corrected chi connectivity index (χ0v) is 10.1. The number of hydrogen-bond acceptors (Lipinski definition) is 3. The van der Waals surface area contributed by atoms with Crippen molar-refractivity contribution in [3.8, 4) is 0 Å². The van der Waals surface area contributed by atoms with E-state index in [0.717, 1.165) is 25.9 Å². The van der Waals surface area contributed by atoms with E-state index in [9.17, 15) is 13.2 Å². The van der Waals surface area contributed by atoms with Gasteiger partial charge in [0.05, 0.1) is 5.75 Å². The molecule has 6 heteroatoms. The lowest BCUT2D eigenvalue weighted by molar-refractivity contribution is 0.175. The van der Waals surface area contributed by atoms with Crippen LogP contribution in [0.1, 0.15) is 12.8 Å². The third-order valence-electron chi connectivity index (χ3n) is 2.50. The van der Waals surface area contributed by atoms with E-state index >= 15 is 0 Å². The fourth-order valence-electron chi connectivity index (χ4n) is 1.55. The molecule has 0 atom stereocenters. The van der Waals surface area contributed by atoms with E-state index in [1.807, 2.05) is 0 Å². The van der Waals surface area contributed by atoms with Gasteiger partial charge in [-0.2, -0.15) is 0 Å². The second kappa shape index (κ2) is 4.83. The quantitative estimate of drug-likeness (QED) is 0.700. The highest BCUT2D eigenvalue weighted by atomic mass is 32.2. The Morgan fingerprint density at radius 1 is 1.33 bits per heavy atom. The molecule has 0 aromatic heterocycles. The van der Waals surface area contributed by atoms with Crippen molar-refractivity contribution in [1.29, 1.82) is 0 Å². The van der Waals surface area contributed by atoms with Crippen molar-refractivity contribution in [1.82, 2.24) is 9.80 Å². The summed E-state index contributed by atoms with van der Waals surface area (Å²) >= 11 is 0. The molecule has 1 heterocycles. The third-order valence-corrected chi connectivity index (χ3v) is 3.42. The number of nitrogens with zero attached hydrogens (tertiary/aromatic N) is 2. The maximum absolute atomic E-state index is 11.7. The first-order chi connectivity index (χ1) is 6.90. The number of amides is 2. The molecular weight excluding hydrogens is 216 g/mol. The minimum absolute atomic E-state index is 0.0308. The van der Waals surface area contributed by atoms with Crippen LogP contribution >= 0.6 is 0 Å². The largest absolute Gasteiger partial charge is 0.327 e. The Balaban J connectivity index is 2.39. The zero-order valence-electron chi connectivity index (χ0n) is 9.27. The molecular formula is C9H18N2O3S. The molecule has 5 nitrogen and oxygen atoms in total. The van der Waals surface area contributed by atoms with E-state index < -0.39 is 9.84 Å². The minimum Gasteiger partial charge on any atom is -0.327 e. The van der Waals surface area contributed by atoms with Crippen LogP contribution in [-0.2, 0) is 9.84 Å². The predicted octanol–water partition coefficient (Wildman–Crippen LogP) is 0.179.